The van der Waals surface area contributed by atoms with E-state index in [4.69, 9.17) is 4.74 Å². The first-order valence-electron chi connectivity index (χ1n) is 6.74. The minimum atomic E-state index is 0.639. The number of hydrogen-bond acceptors (Lipinski definition) is 4. The molecule has 0 spiro atoms. The van der Waals surface area contributed by atoms with Gasteiger partial charge in [0.1, 0.15) is 0 Å². The molecule has 6 heteroatoms. The highest BCUT2D eigenvalue weighted by atomic mass is 16.5. The van der Waals surface area contributed by atoms with Crippen molar-refractivity contribution in [2.24, 2.45) is 0 Å². The van der Waals surface area contributed by atoms with Crippen LogP contribution in [0.4, 0.5) is 11.6 Å². The number of anilines is 2. The van der Waals surface area contributed by atoms with Gasteiger partial charge in [0, 0.05) is 31.4 Å². The Morgan fingerprint density at radius 1 is 1.24 bits per heavy atom. The van der Waals surface area contributed by atoms with Gasteiger partial charge in [-0.1, -0.05) is 18.2 Å². The van der Waals surface area contributed by atoms with Crippen molar-refractivity contribution < 1.29 is 4.74 Å². The van der Waals surface area contributed by atoms with Crippen molar-refractivity contribution in [3.63, 3.8) is 0 Å². The first kappa shape index (κ1) is 13.4. The van der Waals surface area contributed by atoms with E-state index in [0.717, 1.165) is 23.9 Å². The van der Waals surface area contributed by atoms with Crippen molar-refractivity contribution in [1.29, 1.82) is 0 Å². The van der Waals surface area contributed by atoms with Crippen molar-refractivity contribution in [1.82, 2.24) is 19.3 Å². The van der Waals surface area contributed by atoms with Crippen LogP contribution in [0.5, 0.6) is 0 Å². The molecule has 3 aromatic rings. The van der Waals surface area contributed by atoms with Gasteiger partial charge in [0.2, 0.25) is 5.95 Å². The molecule has 0 saturated heterocycles. The molecule has 0 amide bonds. The molecular formula is C15H17N5O. The largest absolute Gasteiger partial charge is 0.383 e. The molecule has 2 aromatic heterocycles. The first-order chi connectivity index (χ1) is 10.4. The Balaban J connectivity index is 1.77. The van der Waals surface area contributed by atoms with E-state index >= 15 is 0 Å². The summed E-state index contributed by atoms with van der Waals surface area (Å²) in [5.41, 5.74) is 1.96. The Morgan fingerprint density at radius 3 is 2.90 bits per heavy atom. The molecule has 0 aliphatic rings. The smallest absolute Gasteiger partial charge is 0.212 e. The zero-order valence-corrected chi connectivity index (χ0v) is 11.8. The average molecular weight is 283 g/mol. The molecule has 0 saturated carbocycles. The van der Waals surface area contributed by atoms with Crippen LogP contribution in [0.15, 0.2) is 55.1 Å². The lowest BCUT2D eigenvalue weighted by molar-refractivity contribution is 0.183. The zero-order valence-electron chi connectivity index (χ0n) is 11.8. The van der Waals surface area contributed by atoms with E-state index in [-0.39, 0.29) is 0 Å². The molecule has 2 heterocycles. The highest BCUT2D eigenvalue weighted by molar-refractivity contribution is 5.54. The maximum absolute atomic E-state index is 5.04. The zero-order chi connectivity index (χ0) is 14.5. The lowest BCUT2D eigenvalue weighted by Gasteiger charge is -2.08. The number of rotatable bonds is 6. The summed E-state index contributed by atoms with van der Waals surface area (Å²) in [6.07, 6.45) is 7.40. The molecule has 0 aliphatic carbocycles. The van der Waals surface area contributed by atoms with E-state index in [1.54, 1.807) is 19.5 Å². The van der Waals surface area contributed by atoms with Crippen molar-refractivity contribution in [3.8, 4) is 5.69 Å². The lowest BCUT2D eigenvalue weighted by atomic mass is 10.3. The predicted octanol–water partition coefficient (Wildman–Crippen LogP) is 2.46. The molecule has 6 nitrogen and oxygen atoms in total. The normalized spacial score (nSPS) is 10.7. The number of methoxy groups -OCH3 is 1. The Labute approximate surface area is 123 Å². The second-order valence-corrected chi connectivity index (χ2v) is 4.57. The van der Waals surface area contributed by atoms with Gasteiger partial charge in [-0.05, 0) is 12.1 Å². The van der Waals surface area contributed by atoms with Gasteiger partial charge in [-0.25, -0.2) is 4.98 Å². The van der Waals surface area contributed by atoms with Crippen LogP contribution in [-0.2, 0) is 11.3 Å². The Bertz CT molecular complexity index is 689. The fraction of sp³-hybridized carbons (Fsp3) is 0.200. The minimum Gasteiger partial charge on any atom is -0.383 e. The van der Waals surface area contributed by atoms with E-state index in [1.807, 2.05) is 52.0 Å². The number of para-hydroxylation sites is 1. The van der Waals surface area contributed by atoms with Gasteiger partial charge < -0.3 is 10.1 Å². The minimum absolute atomic E-state index is 0.639. The fourth-order valence-electron chi connectivity index (χ4n) is 2.06. The summed E-state index contributed by atoms with van der Waals surface area (Å²) in [5, 5.41) is 7.55. The third kappa shape index (κ3) is 3.11. The molecule has 21 heavy (non-hydrogen) atoms. The average Bonchev–Trinajstić information content (AvgIpc) is 3.16. The van der Waals surface area contributed by atoms with E-state index in [1.165, 1.54) is 0 Å². The second-order valence-electron chi connectivity index (χ2n) is 4.57. The van der Waals surface area contributed by atoms with Crippen molar-refractivity contribution in [2.75, 3.05) is 19.0 Å². The van der Waals surface area contributed by atoms with Crippen LogP contribution in [0.1, 0.15) is 0 Å². The summed E-state index contributed by atoms with van der Waals surface area (Å²) in [6.45, 7) is 1.37. The monoisotopic (exact) mass is 283 g/mol. The van der Waals surface area contributed by atoms with Gasteiger partial charge in [-0.3, -0.25) is 9.25 Å². The Morgan fingerprint density at radius 2 is 2.10 bits per heavy atom. The fourth-order valence-corrected chi connectivity index (χ4v) is 2.06. The number of nitrogens with zero attached hydrogens (tertiary/aromatic N) is 4. The van der Waals surface area contributed by atoms with Gasteiger partial charge in [-0.15, -0.1) is 0 Å². The molecule has 0 unspecified atom stereocenters. The Hall–Kier alpha value is -2.60. The van der Waals surface area contributed by atoms with Crippen LogP contribution < -0.4 is 5.32 Å². The van der Waals surface area contributed by atoms with Crippen molar-refractivity contribution >= 4 is 11.6 Å². The molecule has 0 atom stereocenters. The van der Waals surface area contributed by atoms with E-state index in [2.05, 4.69) is 15.4 Å². The summed E-state index contributed by atoms with van der Waals surface area (Å²) in [4.78, 5) is 4.35. The van der Waals surface area contributed by atoms with Gasteiger partial charge in [0.05, 0.1) is 25.0 Å². The van der Waals surface area contributed by atoms with Crippen LogP contribution in [0.3, 0.4) is 0 Å². The first-order valence-corrected chi connectivity index (χ1v) is 6.74. The van der Waals surface area contributed by atoms with E-state index in [0.29, 0.717) is 6.61 Å². The number of imidazole rings is 1. The Kier molecular flexibility index (Phi) is 3.97. The third-order valence-corrected chi connectivity index (χ3v) is 3.09. The summed E-state index contributed by atoms with van der Waals surface area (Å²) in [7, 11) is 1.68. The molecule has 0 fully saturated rings. The van der Waals surface area contributed by atoms with Gasteiger partial charge >= 0.3 is 0 Å². The second kappa shape index (κ2) is 6.23. The maximum Gasteiger partial charge on any atom is 0.212 e. The van der Waals surface area contributed by atoms with Crippen LogP contribution in [0.25, 0.3) is 5.69 Å². The SMILES string of the molecule is COCCn1cc(Nc2nccn2-c2ccccc2)cn1. The third-order valence-electron chi connectivity index (χ3n) is 3.09. The maximum atomic E-state index is 5.04. The van der Waals surface area contributed by atoms with E-state index < -0.39 is 0 Å². The number of ether oxygens (including phenoxy) is 1. The number of hydrogen-bond donors (Lipinski definition) is 1. The topological polar surface area (TPSA) is 56.9 Å². The van der Waals surface area contributed by atoms with E-state index in [9.17, 15) is 0 Å². The summed E-state index contributed by atoms with van der Waals surface area (Å²) in [5.74, 6) is 0.757. The molecule has 1 N–H and O–H groups in total. The predicted molar refractivity (Wildman–Crippen MR) is 80.9 cm³/mol. The molecule has 0 radical (unpaired) electrons. The van der Waals surface area contributed by atoms with Gasteiger partial charge in [0.15, 0.2) is 0 Å². The quantitative estimate of drug-likeness (QED) is 0.755. The van der Waals surface area contributed by atoms with Gasteiger partial charge in [-0.2, -0.15) is 5.10 Å². The summed E-state index contributed by atoms with van der Waals surface area (Å²) < 4.78 is 8.87. The summed E-state index contributed by atoms with van der Waals surface area (Å²) in [6, 6.07) is 10.1. The van der Waals surface area contributed by atoms with Crippen molar-refractivity contribution in [3.05, 3.63) is 55.1 Å². The highest BCUT2D eigenvalue weighted by Crippen LogP contribution is 2.18. The van der Waals surface area contributed by atoms with Crippen LogP contribution in [0.2, 0.25) is 0 Å². The number of aromatic nitrogens is 4. The number of benzene rings is 1. The standard InChI is InChI=1S/C15H17N5O/c1-21-10-9-19-12-13(11-17-19)18-15-16-7-8-20(15)14-5-3-2-4-6-14/h2-8,11-12H,9-10H2,1H3,(H,16,18). The van der Waals surface area contributed by atoms with Crippen LogP contribution >= 0.6 is 0 Å². The molecule has 1 aromatic carbocycles. The molecule has 0 aliphatic heterocycles. The van der Waals surface area contributed by atoms with Crippen LogP contribution in [0, 0.1) is 0 Å². The summed E-state index contributed by atoms with van der Waals surface area (Å²) >= 11 is 0. The lowest BCUT2D eigenvalue weighted by Crippen LogP contribution is -2.04. The van der Waals surface area contributed by atoms with Crippen molar-refractivity contribution in [2.45, 2.75) is 6.54 Å². The van der Waals surface area contributed by atoms with Crippen LogP contribution in [-0.4, -0.2) is 33.0 Å². The van der Waals surface area contributed by atoms with Gasteiger partial charge in [0.25, 0.3) is 0 Å². The number of nitrogens with one attached hydrogen (secondary N) is 1. The highest BCUT2D eigenvalue weighted by Gasteiger charge is 2.06. The molecule has 108 valence electrons. The molecule has 0 bridgehead atoms. The molecular weight excluding hydrogens is 266 g/mol. The molecule has 3 rings (SSSR count).